The van der Waals surface area contributed by atoms with Crippen LogP contribution in [0.2, 0.25) is 0 Å². The predicted octanol–water partition coefficient (Wildman–Crippen LogP) is 5.05. The smallest absolute Gasteiger partial charge is 0.342 e. The third kappa shape index (κ3) is 4.51. The van der Waals surface area contributed by atoms with Crippen LogP contribution >= 0.6 is 0 Å². The normalized spacial score (nSPS) is 13.6. The van der Waals surface area contributed by atoms with Gasteiger partial charge < -0.3 is 15.7 Å². The number of hydrogen-bond donors (Lipinski definition) is 3. The molecule has 0 spiro atoms. The topological polar surface area (TPSA) is 96.3 Å². The Kier molecular flexibility index (Phi) is 5.99. The molecule has 1 aliphatic carbocycles. The summed E-state index contributed by atoms with van der Waals surface area (Å²) in [6.07, 6.45) is 3.18. The molecule has 166 valence electrons. The lowest BCUT2D eigenvalue weighted by atomic mass is 9.82. The van der Waals surface area contributed by atoms with E-state index in [1.54, 1.807) is 24.3 Å². The number of nitrogens with one attached hydrogen (secondary N) is 2. The molecule has 1 heterocycles. The summed E-state index contributed by atoms with van der Waals surface area (Å²) in [5.41, 5.74) is 3.99. The van der Waals surface area contributed by atoms with Gasteiger partial charge in [0.15, 0.2) is 0 Å². The van der Waals surface area contributed by atoms with Crippen LogP contribution < -0.4 is 10.6 Å². The molecule has 0 saturated heterocycles. The zero-order valence-corrected chi connectivity index (χ0v) is 18.6. The van der Waals surface area contributed by atoms with E-state index in [4.69, 9.17) is 0 Å². The van der Waals surface area contributed by atoms with E-state index in [9.17, 15) is 14.7 Å². The number of phenolic OH excluding ortho intramolecular Hbond substituents is 1. The molecule has 7 nitrogen and oxygen atoms in total. The Morgan fingerprint density at radius 1 is 1.09 bits per heavy atom. The number of phenols is 1. The van der Waals surface area contributed by atoms with Crippen LogP contribution in [0.4, 0.5) is 10.5 Å². The molecule has 0 atom stereocenters. The van der Waals surface area contributed by atoms with Crippen LogP contribution in [-0.4, -0.2) is 32.9 Å². The fourth-order valence-corrected chi connectivity index (χ4v) is 3.73. The van der Waals surface area contributed by atoms with E-state index >= 15 is 0 Å². The number of carbonyl (C=O) groups excluding carboxylic acids is 2. The van der Waals surface area contributed by atoms with Crippen molar-refractivity contribution < 1.29 is 14.7 Å². The number of benzene rings is 2. The monoisotopic (exact) mass is 432 g/mol. The third-order valence-corrected chi connectivity index (χ3v) is 5.71. The van der Waals surface area contributed by atoms with Gasteiger partial charge in [-0.2, -0.15) is 9.78 Å². The Hall–Kier alpha value is -3.61. The van der Waals surface area contributed by atoms with Crippen molar-refractivity contribution in [3.63, 3.8) is 0 Å². The second-order valence-electron chi connectivity index (χ2n) is 8.65. The van der Waals surface area contributed by atoms with Gasteiger partial charge in [0.25, 0.3) is 5.91 Å². The van der Waals surface area contributed by atoms with Gasteiger partial charge in [-0.1, -0.05) is 24.1 Å². The van der Waals surface area contributed by atoms with Crippen molar-refractivity contribution in [3.8, 4) is 17.0 Å². The molecular formula is C25H28N4O3. The van der Waals surface area contributed by atoms with E-state index in [-0.39, 0.29) is 23.7 Å². The average Bonchev–Trinajstić information content (AvgIpc) is 3.11. The maximum absolute atomic E-state index is 12.7. The van der Waals surface area contributed by atoms with Crippen molar-refractivity contribution in [1.29, 1.82) is 0 Å². The van der Waals surface area contributed by atoms with Gasteiger partial charge in [-0.05, 0) is 63.9 Å². The fourth-order valence-electron chi connectivity index (χ4n) is 3.73. The molecule has 3 aromatic rings. The first kappa shape index (κ1) is 21.6. The highest BCUT2D eigenvalue weighted by atomic mass is 16.3. The van der Waals surface area contributed by atoms with Crippen LogP contribution in [0.5, 0.6) is 5.75 Å². The molecule has 3 N–H and O–H groups in total. The Morgan fingerprint density at radius 2 is 1.81 bits per heavy atom. The molecule has 4 rings (SSSR count). The minimum absolute atomic E-state index is 0.00535. The lowest BCUT2D eigenvalue weighted by Gasteiger charge is -2.25. The Morgan fingerprint density at radius 3 is 2.41 bits per heavy atom. The van der Waals surface area contributed by atoms with E-state index in [2.05, 4.69) is 15.7 Å². The van der Waals surface area contributed by atoms with Crippen molar-refractivity contribution in [2.24, 2.45) is 0 Å². The average molecular weight is 433 g/mol. The molecule has 0 aliphatic heterocycles. The molecule has 0 unspecified atom stereocenters. The zero-order chi connectivity index (χ0) is 22.8. The summed E-state index contributed by atoms with van der Waals surface area (Å²) < 4.78 is 1.42. The van der Waals surface area contributed by atoms with Crippen LogP contribution in [-0.2, 0) is 0 Å². The summed E-state index contributed by atoms with van der Waals surface area (Å²) in [6, 6.07) is 13.8. The molecule has 1 aliphatic rings. The summed E-state index contributed by atoms with van der Waals surface area (Å²) in [7, 11) is 0. The first-order valence-corrected chi connectivity index (χ1v) is 10.9. The van der Waals surface area contributed by atoms with E-state index in [0.717, 1.165) is 30.5 Å². The van der Waals surface area contributed by atoms with Gasteiger partial charge in [0, 0.05) is 34.8 Å². The van der Waals surface area contributed by atoms with Crippen molar-refractivity contribution >= 4 is 17.6 Å². The minimum atomic E-state index is -0.269. The van der Waals surface area contributed by atoms with Crippen molar-refractivity contribution in [2.45, 2.75) is 52.0 Å². The molecule has 32 heavy (non-hydrogen) atoms. The highest BCUT2D eigenvalue weighted by Crippen LogP contribution is 2.39. The molecule has 1 fully saturated rings. The summed E-state index contributed by atoms with van der Waals surface area (Å²) >= 11 is 0. The summed E-state index contributed by atoms with van der Waals surface area (Å²) in [5, 5.41) is 20.8. The van der Waals surface area contributed by atoms with E-state index in [1.165, 1.54) is 10.7 Å². The molecule has 2 aromatic carbocycles. The predicted molar refractivity (Wildman–Crippen MR) is 124 cm³/mol. The number of rotatable bonds is 5. The number of amides is 2. The van der Waals surface area contributed by atoms with Gasteiger partial charge in [-0.3, -0.25) is 4.79 Å². The number of anilines is 1. The van der Waals surface area contributed by atoms with Crippen molar-refractivity contribution in [3.05, 3.63) is 65.4 Å². The van der Waals surface area contributed by atoms with E-state index < -0.39 is 0 Å². The molecule has 1 aromatic heterocycles. The van der Waals surface area contributed by atoms with Crippen LogP contribution in [0.1, 0.15) is 60.6 Å². The number of aryl methyl sites for hydroxylation is 1. The first-order valence-electron chi connectivity index (χ1n) is 10.9. The Labute approximate surface area is 187 Å². The van der Waals surface area contributed by atoms with Crippen LogP contribution in [0.3, 0.4) is 0 Å². The van der Waals surface area contributed by atoms with Gasteiger partial charge >= 0.3 is 6.03 Å². The number of aromatic hydroxyl groups is 1. The number of carbonyl (C=O) groups is 2. The van der Waals surface area contributed by atoms with Crippen molar-refractivity contribution in [2.75, 3.05) is 5.32 Å². The molecule has 1 saturated carbocycles. The number of hydrogen-bond acceptors (Lipinski definition) is 4. The Bertz CT molecular complexity index is 1140. The minimum Gasteiger partial charge on any atom is -0.507 e. The standard InChI is InChI=1S/C25H28N4O3/c1-15(2)26-25(32)29-22(17-5-4-6-17)14-21(28-29)20-12-11-19(13-23(20)30)27-24(31)18-9-7-16(3)8-10-18/h7-15,17,30H,4-6H2,1-3H3,(H,26,32)(H,27,31). The molecular weight excluding hydrogens is 404 g/mol. The second kappa shape index (κ2) is 8.86. The molecule has 7 heteroatoms. The fraction of sp³-hybridized carbons (Fsp3) is 0.320. The van der Waals surface area contributed by atoms with Gasteiger partial charge in [0.1, 0.15) is 5.75 Å². The largest absolute Gasteiger partial charge is 0.507 e. The number of nitrogens with zero attached hydrogens (tertiary/aromatic N) is 2. The Balaban J connectivity index is 1.58. The molecule has 2 amide bonds. The summed E-state index contributed by atoms with van der Waals surface area (Å²) in [5.74, 6) is 0.0317. The van der Waals surface area contributed by atoms with Gasteiger partial charge in [0.2, 0.25) is 0 Å². The van der Waals surface area contributed by atoms with Gasteiger partial charge in [-0.25, -0.2) is 4.79 Å². The number of aromatic nitrogens is 2. The van der Waals surface area contributed by atoms with E-state index in [0.29, 0.717) is 28.4 Å². The summed E-state index contributed by atoms with van der Waals surface area (Å²) in [6.45, 7) is 5.77. The lowest BCUT2D eigenvalue weighted by Crippen LogP contribution is -2.36. The maximum Gasteiger partial charge on any atom is 0.342 e. The first-order chi connectivity index (χ1) is 15.3. The SMILES string of the molecule is Cc1ccc(C(=O)Nc2ccc(-c3cc(C4CCC4)n(C(=O)NC(C)C)n3)c(O)c2)cc1. The second-order valence-corrected chi connectivity index (χ2v) is 8.65. The van der Waals surface area contributed by atoms with Crippen LogP contribution in [0.25, 0.3) is 11.3 Å². The highest BCUT2D eigenvalue weighted by Gasteiger charge is 2.27. The van der Waals surface area contributed by atoms with Crippen molar-refractivity contribution in [1.82, 2.24) is 15.1 Å². The molecule has 0 bridgehead atoms. The van der Waals surface area contributed by atoms with E-state index in [1.807, 2.05) is 39.0 Å². The van der Waals surface area contributed by atoms with Crippen LogP contribution in [0, 0.1) is 6.92 Å². The quantitative estimate of drug-likeness (QED) is 0.526. The highest BCUT2D eigenvalue weighted by molar-refractivity contribution is 6.04. The molecule has 0 radical (unpaired) electrons. The summed E-state index contributed by atoms with van der Waals surface area (Å²) in [4.78, 5) is 25.1. The van der Waals surface area contributed by atoms with Crippen LogP contribution in [0.15, 0.2) is 48.5 Å². The van der Waals surface area contributed by atoms with Gasteiger partial charge in [0.05, 0.1) is 11.4 Å². The zero-order valence-electron chi connectivity index (χ0n) is 18.6. The maximum atomic E-state index is 12.7. The lowest BCUT2D eigenvalue weighted by molar-refractivity contribution is 0.102. The van der Waals surface area contributed by atoms with Gasteiger partial charge in [-0.15, -0.1) is 0 Å². The third-order valence-electron chi connectivity index (χ3n) is 5.71.